The van der Waals surface area contributed by atoms with E-state index in [4.69, 9.17) is 4.84 Å². The first-order valence-corrected chi connectivity index (χ1v) is 7.41. The number of nitrogens with zero attached hydrogens (tertiary/aromatic N) is 2. The van der Waals surface area contributed by atoms with Gasteiger partial charge in [0.05, 0.1) is 5.71 Å². The lowest BCUT2D eigenvalue weighted by molar-refractivity contribution is -0.143. The number of likely N-dealkylation sites (tertiary alicyclic amines) is 1. The first-order chi connectivity index (χ1) is 10.1. The number of rotatable bonds is 2. The van der Waals surface area contributed by atoms with Gasteiger partial charge in [-0.3, -0.25) is 4.79 Å². The van der Waals surface area contributed by atoms with Gasteiger partial charge in [0.15, 0.2) is 0 Å². The standard InChI is InChI=1S/C16H19FN2O2/c1-11-6-8-19(9-7-11)16(20)15-10-14(18-21-15)12-2-4-13(17)5-3-12/h2-5,11,15H,6-10H2,1H3/t15-/m1/s1. The molecule has 0 unspecified atom stereocenters. The summed E-state index contributed by atoms with van der Waals surface area (Å²) in [5, 5.41) is 3.99. The highest BCUT2D eigenvalue weighted by atomic mass is 19.1. The molecule has 0 saturated carbocycles. The number of hydrogen-bond acceptors (Lipinski definition) is 3. The molecule has 4 nitrogen and oxygen atoms in total. The van der Waals surface area contributed by atoms with Crippen molar-refractivity contribution >= 4 is 11.6 Å². The van der Waals surface area contributed by atoms with Gasteiger partial charge in [0, 0.05) is 19.5 Å². The fourth-order valence-electron chi connectivity index (χ4n) is 2.76. The van der Waals surface area contributed by atoms with Crippen molar-refractivity contribution < 1.29 is 14.0 Å². The highest BCUT2D eigenvalue weighted by Crippen LogP contribution is 2.22. The Kier molecular flexibility index (Phi) is 3.90. The molecule has 0 bridgehead atoms. The number of hydrogen-bond donors (Lipinski definition) is 0. The molecule has 1 fully saturated rings. The third kappa shape index (κ3) is 3.06. The quantitative estimate of drug-likeness (QED) is 0.840. The molecule has 0 radical (unpaired) electrons. The summed E-state index contributed by atoms with van der Waals surface area (Å²) in [6.07, 6.45) is 2.02. The van der Waals surface area contributed by atoms with Crippen LogP contribution in [0.15, 0.2) is 29.4 Å². The molecule has 0 aliphatic carbocycles. The highest BCUT2D eigenvalue weighted by Gasteiger charge is 2.33. The second kappa shape index (κ2) is 5.84. The molecule has 1 atom stereocenters. The van der Waals surface area contributed by atoms with Crippen LogP contribution in [0.2, 0.25) is 0 Å². The third-order valence-corrected chi connectivity index (χ3v) is 4.22. The molecule has 3 rings (SSSR count). The van der Waals surface area contributed by atoms with Crippen molar-refractivity contribution in [1.29, 1.82) is 0 Å². The van der Waals surface area contributed by atoms with Gasteiger partial charge in [0.25, 0.3) is 5.91 Å². The first kappa shape index (κ1) is 14.0. The minimum atomic E-state index is -0.529. The average molecular weight is 290 g/mol. The zero-order valence-electron chi connectivity index (χ0n) is 12.1. The van der Waals surface area contributed by atoms with E-state index in [2.05, 4.69) is 12.1 Å². The van der Waals surface area contributed by atoms with Gasteiger partial charge in [-0.2, -0.15) is 0 Å². The largest absolute Gasteiger partial charge is 0.382 e. The molecule has 5 heteroatoms. The number of carbonyl (C=O) groups excluding carboxylic acids is 1. The van der Waals surface area contributed by atoms with Crippen LogP contribution in [0, 0.1) is 11.7 Å². The number of oxime groups is 1. The van der Waals surface area contributed by atoms with E-state index in [9.17, 15) is 9.18 Å². The molecular formula is C16H19FN2O2. The Morgan fingerprint density at radius 1 is 1.29 bits per heavy atom. The van der Waals surface area contributed by atoms with E-state index >= 15 is 0 Å². The van der Waals surface area contributed by atoms with Crippen LogP contribution in [0.3, 0.4) is 0 Å². The normalized spacial score (nSPS) is 22.9. The smallest absolute Gasteiger partial charge is 0.266 e. The predicted molar refractivity (Wildman–Crippen MR) is 77.4 cm³/mol. The molecule has 0 aromatic heterocycles. The van der Waals surface area contributed by atoms with Crippen LogP contribution in [0.1, 0.15) is 31.7 Å². The molecule has 1 amide bonds. The molecule has 2 aliphatic rings. The predicted octanol–water partition coefficient (Wildman–Crippen LogP) is 2.58. The van der Waals surface area contributed by atoms with Crippen molar-refractivity contribution in [3.05, 3.63) is 35.6 Å². The van der Waals surface area contributed by atoms with Crippen molar-refractivity contribution in [3.8, 4) is 0 Å². The third-order valence-electron chi connectivity index (χ3n) is 4.22. The molecule has 2 aliphatic heterocycles. The van der Waals surface area contributed by atoms with Gasteiger partial charge in [-0.15, -0.1) is 0 Å². The van der Waals surface area contributed by atoms with Crippen LogP contribution in [0.4, 0.5) is 4.39 Å². The zero-order valence-corrected chi connectivity index (χ0v) is 12.1. The number of amides is 1. The summed E-state index contributed by atoms with van der Waals surface area (Å²) in [6, 6.07) is 6.10. The fourth-order valence-corrected chi connectivity index (χ4v) is 2.76. The molecule has 1 aromatic rings. The van der Waals surface area contributed by atoms with Crippen molar-refractivity contribution in [2.45, 2.75) is 32.3 Å². The van der Waals surface area contributed by atoms with Gasteiger partial charge in [-0.25, -0.2) is 4.39 Å². The minimum absolute atomic E-state index is 0.0164. The van der Waals surface area contributed by atoms with Gasteiger partial charge >= 0.3 is 0 Å². The summed E-state index contributed by atoms with van der Waals surface area (Å²) in [6.45, 7) is 3.81. The summed E-state index contributed by atoms with van der Waals surface area (Å²) in [5.74, 6) is 0.417. The van der Waals surface area contributed by atoms with Crippen molar-refractivity contribution in [2.24, 2.45) is 11.1 Å². The lowest BCUT2D eigenvalue weighted by Gasteiger charge is -2.31. The minimum Gasteiger partial charge on any atom is -0.382 e. The van der Waals surface area contributed by atoms with E-state index in [0.717, 1.165) is 31.5 Å². The molecule has 2 heterocycles. The Morgan fingerprint density at radius 2 is 1.95 bits per heavy atom. The van der Waals surface area contributed by atoms with Crippen LogP contribution in [0.5, 0.6) is 0 Å². The summed E-state index contributed by atoms with van der Waals surface area (Å²) in [4.78, 5) is 19.6. The maximum Gasteiger partial charge on any atom is 0.266 e. The zero-order chi connectivity index (χ0) is 14.8. The van der Waals surface area contributed by atoms with Crippen molar-refractivity contribution in [3.63, 3.8) is 0 Å². The molecule has 1 saturated heterocycles. The maximum atomic E-state index is 12.9. The summed E-state index contributed by atoms with van der Waals surface area (Å²) in [5.41, 5.74) is 1.51. The Morgan fingerprint density at radius 3 is 2.62 bits per heavy atom. The lowest BCUT2D eigenvalue weighted by atomic mass is 9.98. The van der Waals surface area contributed by atoms with E-state index in [1.165, 1.54) is 12.1 Å². The van der Waals surface area contributed by atoms with Crippen LogP contribution >= 0.6 is 0 Å². The SMILES string of the molecule is CC1CCN(C(=O)[C@H]2CC(c3ccc(F)cc3)=NO2)CC1. The topological polar surface area (TPSA) is 41.9 Å². The second-order valence-electron chi connectivity index (χ2n) is 5.85. The van der Waals surface area contributed by atoms with Crippen LogP contribution in [-0.4, -0.2) is 35.7 Å². The van der Waals surface area contributed by atoms with Crippen LogP contribution < -0.4 is 0 Å². The number of halogens is 1. The van der Waals surface area contributed by atoms with Gasteiger partial charge in [-0.1, -0.05) is 24.2 Å². The summed E-state index contributed by atoms with van der Waals surface area (Å²) in [7, 11) is 0. The van der Waals surface area contributed by atoms with E-state index in [-0.39, 0.29) is 11.7 Å². The maximum absolute atomic E-state index is 12.9. The number of carbonyl (C=O) groups is 1. The monoisotopic (exact) mass is 290 g/mol. The average Bonchev–Trinajstić information content (AvgIpc) is 2.98. The van der Waals surface area contributed by atoms with Crippen molar-refractivity contribution in [1.82, 2.24) is 4.90 Å². The van der Waals surface area contributed by atoms with E-state index in [1.807, 2.05) is 4.90 Å². The molecular weight excluding hydrogens is 271 g/mol. The van der Waals surface area contributed by atoms with Gasteiger partial charge < -0.3 is 9.74 Å². The van der Waals surface area contributed by atoms with E-state index in [1.54, 1.807) is 12.1 Å². The molecule has 0 N–H and O–H groups in total. The molecule has 1 aromatic carbocycles. The Balaban J connectivity index is 1.60. The van der Waals surface area contributed by atoms with Gasteiger partial charge in [0.2, 0.25) is 6.10 Å². The van der Waals surface area contributed by atoms with Crippen LogP contribution in [0.25, 0.3) is 0 Å². The van der Waals surface area contributed by atoms with Crippen molar-refractivity contribution in [2.75, 3.05) is 13.1 Å². The number of benzene rings is 1. The van der Waals surface area contributed by atoms with Gasteiger partial charge in [-0.05, 0) is 36.5 Å². The Bertz CT molecular complexity index is 548. The lowest BCUT2D eigenvalue weighted by Crippen LogP contribution is -2.43. The molecule has 21 heavy (non-hydrogen) atoms. The van der Waals surface area contributed by atoms with E-state index in [0.29, 0.717) is 18.1 Å². The summed E-state index contributed by atoms with van der Waals surface area (Å²) < 4.78 is 12.9. The van der Waals surface area contributed by atoms with Crippen LogP contribution in [-0.2, 0) is 9.63 Å². The van der Waals surface area contributed by atoms with E-state index < -0.39 is 6.10 Å². The first-order valence-electron chi connectivity index (χ1n) is 7.41. The highest BCUT2D eigenvalue weighted by molar-refractivity contribution is 6.04. The second-order valence-corrected chi connectivity index (χ2v) is 5.85. The molecule has 112 valence electrons. The summed E-state index contributed by atoms with van der Waals surface area (Å²) >= 11 is 0. The Labute approximate surface area is 123 Å². The Hall–Kier alpha value is -1.91. The van der Waals surface area contributed by atoms with Gasteiger partial charge in [0.1, 0.15) is 5.82 Å². The number of piperidine rings is 1. The molecule has 0 spiro atoms. The fraction of sp³-hybridized carbons (Fsp3) is 0.500.